The number of nitrogens with zero attached hydrogens (tertiary/aromatic N) is 6. The van der Waals surface area contributed by atoms with Crippen molar-refractivity contribution >= 4 is 21.5 Å². The van der Waals surface area contributed by atoms with Crippen LogP contribution in [0.25, 0.3) is 5.65 Å². The molecule has 148 valence electrons. The monoisotopic (exact) mass is 404 g/mol. The Morgan fingerprint density at radius 3 is 2.61 bits per heavy atom. The van der Waals surface area contributed by atoms with Gasteiger partial charge in [0.1, 0.15) is 11.6 Å². The van der Waals surface area contributed by atoms with Crippen LogP contribution >= 0.6 is 0 Å². The minimum Gasteiger partial charge on any atom is -0.354 e. The molecule has 1 aliphatic rings. The third-order valence-corrected chi connectivity index (χ3v) is 7.00. The zero-order chi connectivity index (χ0) is 19.9. The molecule has 3 aromatic rings. The minimum atomic E-state index is -3.68. The summed E-state index contributed by atoms with van der Waals surface area (Å²) in [5.41, 5.74) is 1.09. The molecule has 1 saturated heterocycles. The van der Waals surface area contributed by atoms with Crippen molar-refractivity contribution in [2.24, 2.45) is 0 Å². The summed E-state index contributed by atoms with van der Waals surface area (Å²) in [6.45, 7) is 5.39. The van der Waals surface area contributed by atoms with Gasteiger partial charge in [-0.25, -0.2) is 12.8 Å². The van der Waals surface area contributed by atoms with E-state index in [1.807, 2.05) is 19.1 Å². The van der Waals surface area contributed by atoms with E-state index in [4.69, 9.17) is 0 Å². The third kappa shape index (κ3) is 3.33. The summed E-state index contributed by atoms with van der Waals surface area (Å²) in [6.07, 6.45) is 0.667. The lowest BCUT2D eigenvalue weighted by Crippen LogP contribution is -2.35. The third-order valence-electron chi connectivity index (χ3n) is 4.94. The molecule has 4 rings (SSSR count). The fourth-order valence-corrected chi connectivity index (χ4v) is 5.14. The Kier molecular flexibility index (Phi) is 4.76. The Morgan fingerprint density at radius 2 is 1.82 bits per heavy atom. The van der Waals surface area contributed by atoms with Gasteiger partial charge in [-0.3, -0.25) is 0 Å². The first kappa shape index (κ1) is 18.8. The molecule has 3 heterocycles. The smallest absolute Gasteiger partial charge is 0.243 e. The fraction of sp³-hybridized carbons (Fsp3) is 0.389. The van der Waals surface area contributed by atoms with Crippen LogP contribution in [0.3, 0.4) is 0 Å². The molecule has 28 heavy (non-hydrogen) atoms. The molecule has 2 aromatic heterocycles. The highest BCUT2D eigenvalue weighted by Gasteiger charge is 2.28. The van der Waals surface area contributed by atoms with Crippen molar-refractivity contribution < 1.29 is 12.8 Å². The maximum atomic E-state index is 13.4. The standard InChI is InChI=1S/C18H21FN6O2S/c1-13-12-15(19)4-5-16(13)28(26,27)24-9-3-8-23(10-11-24)18-7-6-17-21-20-14(2)25(17)22-18/h4-7,12H,3,8-11H2,1-2H3. The molecule has 0 spiro atoms. The van der Waals surface area contributed by atoms with E-state index in [0.29, 0.717) is 49.6 Å². The van der Waals surface area contributed by atoms with Crippen LogP contribution in [-0.4, -0.2) is 58.7 Å². The Hall–Kier alpha value is -2.59. The van der Waals surface area contributed by atoms with Crippen LogP contribution in [0.15, 0.2) is 35.2 Å². The number of rotatable bonds is 3. The van der Waals surface area contributed by atoms with Crippen molar-refractivity contribution in [2.75, 3.05) is 31.1 Å². The summed E-state index contributed by atoms with van der Waals surface area (Å²) >= 11 is 0. The van der Waals surface area contributed by atoms with Gasteiger partial charge in [-0.15, -0.1) is 15.3 Å². The first-order chi connectivity index (χ1) is 13.4. The number of anilines is 1. The highest BCUT2D eigenvalue weighted by atomic mass is 32.2. The second-order valence-electron chi connectivity index (χ2n) is 6.86. The van der Waals surface area contributed by atoms with Gasteiger partial charge in [-0.1, -0.05) is 0 Å². The molecule has 10 heteroatoms. The van der Waals surface area contributed by atoms with Crippen LogP contribution in [0.4, 0.5) is 10.2 Å². The molecule has 0 atom stereocenters. The normalized spacial score (nSPS) is 16.5. The van der Waals surface area contributed by atoms with Gasteiger partial charge in [-0.2, -0.15) is 8.82 Å². The predicted molar refractivity (Wildman–Crippen MR) is 102 cm³/mol. The fourth-order valence-electron chi connectivity index (χ4n) is 3.46. The molecule has 0 N–H and O–H groups in total. The zero-order valence-electron chi connectivity index (χ0n) is 15.7. The Bertz CT molecular complexity index is 1130. The van der Waals surface area contributed by atoms with Gasteiger partial charge in [0.15, 0.2) is 11.5 Å². The predicted octanol–water partition coefficient (Wildman–Crippen LogP) is 1.78. The molecule has 1 aliphatic heterocycles. The van der Waals surface area contributed by atoms with Crippen LogP contribution in [0.2, 0.25) is 0 Å². The molecule has 0 aliphatic carbocycles. The van der Waals surface area contributed by atoms with Crippen molar-refractivity contribution in [1.82, 2.24) is 24.1 Å². The van der Waals surface area contributed by atoms with E-state index in [2.05, 4.69) is 20.2 Å². The summed E-state index contributed by atoms with van der Waals surface area (Å²) in [7, 11) is -3.68. The Balaban J connectivity index is 1.56. The minimum absolute atomic E-state index is 0.155. The number of hydrogen-bond donors (Lipinski definition) is 0. The molecular formula is C18H21FN6O2S. The number of halogens is 1. The molecule has 0 bridgehead atoms. The molecule has 0 unspecified atom stereocenters. The van der Waals surface area contributed by atoms with Crippen LogP contribution in [0.5, 0.6) is 0 Å². The van der Waals surface area contributed by atoms with Gasteiger partial charge >= 0.3 is 0 Å². The van der Waals surface area contributed by atoms with Gasteiger partial charge in [0, 0.05) is 26.2 Å². The number of benzene rings is 1. The Labute approximate surface area is 162 Å². The largest absolute Gasteiger partial charge is 0.354 e. The number of fused-ring (bicyclic) bond motifs is 1. The van der Waals surface area contributed by atoms with Crippen LogP contribution in [0.1, 0.15) is 17.8 Å². The highest BCUT2D eigenvalue weighted by Crippen LogP contribution is 2.23. The topological polar surface area (TPSA) is 83.7 Å². The van der Waals surface area contributed by atoms with Crippen molar-refractivity contribution in [3.63, 3.8) is 0 Å². The van der Waals surface area contributed by atoms with E-state index in [-0.39, 0.29) is 4.90 Å². The van der Waals surface area contributed by atoms with Gasteiger partial charge in [-0.05, 0) is 56.2 Å². The molecule has 0 amide bonds. The van der Waals surface area contributed by atoms with E-state index in [0.717, 1.165) is 5.82 Å². The lowest BCUT2D eigenvalue weighted by Gasteiger charge is -2.23. The first-order valence-electron chi connectivity index (χ1n) is 9.06. The molecule has 0 radical (unpaired) electrons. The lowest BCUT2D eigenvalue weighted by molar-refractivity contribution is 0.432. The van der Waals surface area contributed by atoms with Crippen LogP contribution < -0.4 is 4.90 Å². The number of sulfonamides is 1. The Morgan fingerprint density at radius 1 is 1.00 bits per heavy atom. The average Bonchev–Trinajstić information content (AvgIpc) is 2.87. The average molecular weight is 404 g/mol. The van der Waals surface area contributed by atoms with E-state index >= 15 is 0 Å². The van der Waals surface area contributed by atoms with E-state index < -0.39 is 15.8 Å². The van der Waals surface area contributed by atoms with Crippen LogP contribution in [0, 0.1) is 19.7 Å². The van der Waals surface area contributed by atoms with Gasteiger partial charge in [0.2, 0.25) is 10.0 Å². The number of hydrogen-bond acceptors (Lipinski definition) is 6. The van der Waals surface area contributed by atoms with E-state index in [9.17, 15) is 12.8 Å². The first-order valence-corrected chi connectivity index (χ1v) is 10.5. The molecule has 1 fully saturated rings. The summed E-state index contributed by atoms with van der Waals surface area (Å²) in [5, 5.41) is 12.6. The van der Waals surface area contributed by atoms with Gasteiger partial charge in [0.25, 0.3) is 0 Å². The summed E-state index contributed by atoms with van der Waals surface area (Å²) in [6, 6.07) is 7.50. The molecule has 8 nitrogen and oxygen atoms in total. The molecule has 0 saturated carbocycles. The number of aromatic nitrogens is 4. The van der Waals surface area contributed by atoms with Crippen LogP contribution in [-0.2, 0) is 10.0 Å². The maximum absolute atomic E-state index is 13.4. The SMILES string of the molecule is Cc1cc(F)ccc1S(=O)(=O)N1CCCN(c2ccc3nnc(C)n3n2)CC1. The summed E-state index contributed by atoms with van der Waals surface area (Å²) < 4.78 is 42.6. The molecular weight excluding hydrogens is 383 g/mol. The second-order valence-corrected chi connectivity index (χ2v) is 8.77. The summed E-state index contributed by atoms with van der Waals surface area (Å²) in [4.78, 5) is 2.22. The van der Waals surface area contributed by atoms with E-state index in [1.54, 1.807) is 11.4 Å². The van der Waals surface area contributed by atoms with Crippen molar-refractivity contribution in [3.8, 4) is 0 Å². The number of aryl methyl sites for hydroxylation is 2. The quantitative estimate of drug-likeness (QED) is 0.662. The van der Waals surface area contributed by atoms with Crippen molar-refractivity contribution in [3.05, 3.63) is 47.5 Å². The zero-order valence-corrected chi connectivity index (χ0v) is 16.5. The van der Waals surface area contributed by atoms with Crippen molar-refractivity contribution in [1.29, 1.82) is 0 Å². The summed E-state index contributed by atoms with van der Waals surface area (Å²) in [5.74, 6) is 1.01. The van der Waals surface area contributed by atoms with E-state index in [1.165, 1.54) is 22.5 Å². The molecule has 1 aromatic carbocycles. The maximum Gasteiger partial charge on any atom is 0.243 e. The van der Waals surface area contributed by atoms with Gasteiger partial charge < -0.3 is 4.90 Å². The van der Waals surface area contributed by atoms with Crippen molar-refractivity contribution in [2.45, 2.75) is 25.2 Å². The second kappa shape index (κ2) is 7.10. The highest BCUT2D eigenvalue weighted by molar-refractivity contribution is 7.89. The lowest BCUT2D eigenvalue weighted by atomic mass is 10.2. The van der Waals surface area contributed by atoms with Gasteiger partial charge in [0.05, 0.1) is 4.90 Å².